The summed E-state index contributed by atoms with van der Waals surface area (Å²) >= 11 is 0. The average Bonchev–Trinajstić information content (AvgIpc) is 2.98. The first-order valence-electron chi connectivity index (χ1n) is 5.86. The first kappa shape index (κ1) is 9.70. The van der Waals surface area contributed by atoms with Crippen LogP contribution < -0.4 is 4.90 Å². The normalized spacial score (nSPS) is 18.6. The van der Waals surface area contributed by atoms with E-state index in [4.69, 9.17) is 5.11 Å². The van der Waals surface area contributed by atoms with Gasteiger partial charge in [0.25, 0.3) is 0 Å². The number of fused-ring (bicyclic) bond motifs is 1. The van der Waals surface area contributed by atoms with Gasteiger partial charge in [-0.1, -0.05) is 6.07 Å². The maximum absolute atomic E-state index is 11.1. The van der Waals surface area contributed by atoms with Crippen LogP contribution in [0.3, 0.4) is 0 Å². The van der Waals surface area contributed by atoms with Gasteiger partial charge >= 0.3 is 5.97 Å². The molecule has 1 aromatic carbocycles. The van der Waals surface area contributed by atoms with Gasteiger partial charge in [-0.3, -0.25) is 0 Å². The Kier molecular flexibility index (Phi) is 2.13. The molecule has 3 rings (SSSR count). The lowest BCUT2D eigenvalue weighted by molar-refractivity contribution is 0.0696. The fourth-order valence-electron chi connectivity index (χ4n) is 2.50. The van der Waals surface area contributed by atoms with Gasteiger partial charge in [-0.15, -0.1) is 0 Å². The summed E-state index contributed by atoms with van der Waals surface area (Å²) in [6, 6.07) is 5.62. The van der Waals surface area contributed by atoms with E-state index in [0.717, 1.165) is 36.7 Å². The molecule has 2 aliphatic rings. The third kappa shape index (κ3) is 1.56. The monoisotopic (exact) mass is 217 g/mol. The number of carbonyl (C=O) groups is 1. The third-order valence-corrected chi connectivity index (χ3v) is 3.53. The van der Waals surface area contributed by atoms with Crippen molar-refractivity contribution in [2.24, 2.45) is 5.92 Å². The quantitative estimate of drug-likeness (QED) is 0.843. The predicted molar refractivity (Wildman–Crippen MR) is 62.0 cm³/mol. The highest BCUT2D eigenvalue weighted by atomic mass is 16.4. The van der Waals surface area contributed by atoms with Gasteiger partial charge in [0.15, 0.2) is 0 Å². The number of carboxylic acid groups (broad SMARTS) is 1. The summed E-state index contributed by atoms with van der Waals surface area (Å²) in [7, 11) is 0. The number of benzene rings is 1. The van der Waals surface area contributed by atoms with Crippen molar-refractivity contribution in [1.82, 2.24) is 0 Å². The number of nitrogens with zero attached hydrogens (tertiary/aromatic N) is 1. The molecule has 0 bridgehead atoms. The van der Waals surface area contributed by atoms with Crippen molar-refractivity contribution < 1.29 is 9.90 Å². The number of carboxylic acids is 1. The molecule has 16 heavy (non-hydrogen) atoms. The van der Waals surface area contributed by atoms with Crippen LogP contribution in [0.1, 0.15) is 28.8 Å². The van der Waals surface area contributed by atoms with Gasteiger partial charge in [-0.05, 0) is 42.9 Å². The van der Waals surface area contributed by atoms with E-state index >= 15 is 0 Å². The fraction of sp³-hybridized carbons (Fsp3) is 0.462. The summed E-state index contributed by atoms with van der Waals surface area (Å²) < 4.78 is 0. The second-order valence-electron chi connectivity index (χ2n) is 4.75. The molecule has 0 radical (unpaired) electrons. The predicted octanol–water partition coefficient (Wildman–Crippen LogP) is 2.16. The van der Waals surface area contributed by atoms with E-state index < -0.39 is 5.97 Å². The molecule has 0 saturated heterocycles. The molecule has 1 heterocycles. The van der Waals surface area contributed by atoms with Crippen LogP contribution in [-0.2, 0) is 6.42 Å². The highest BCUT2D eigenvalue weighted by Gasteiger charge is 2.29. The lowest BCUT2D eigenvalue weighted by Gasteiger charge is -2.19. The summed E-state index contributed by atoms with van der Waals surface area (Å²) in [6.07, 6.45) is 3.55. The summed E-state index contributed by atoms with van der Waals surface area (Å²) in [5.41, 5.74) is 2.65. The van der Waals surface area contributed by atoms with E-state index in [-0.39, 0.29) is 0 Å². The standard InChI is InChI=1S/C13H15NO2/c15-13(16)11-2-1-3-12-10(11)6-7-14(12)8-9-4-5-9/h1-3,9H,4-8H2,(H,15,16). The van der Waals surface area contributed by atoms with Gasteiger partial charge in [0, 0.05) is 18.8 Å². The molecule has 0 spiro atoms. The van der Waals surface area contributed by atoms with Crippen LogP contribution in [0.25, 0.3) is 0 Å². The molecule has 1 aliphatic heterocycles. The topological polar surface area (TPSA) is 40.5 Å². The van der Waals surface area contributed by atoms with Crippen LogP contribution in [0.5, 0.6) is 0 Å². The number of aromatic carboxylic acids is 1. The summed E-state index contributed by atoms with van der Waals surface area (Å²) in [5, 5.41) is 9.11. The second-order valence-corrected chi connectivity index (χ2v) is 4.75. The van der Waals surface area contributed by atoms with Crippen molar-refractivity contribution in [3.05, 3.63) is 29.3 Å². The Hall–Kier alpha value is -1.51. The Labute approximate surface area is 94.7 Å². The minimum atomic E-state index is -0.801. The smallest absolute Gasteiger partial charge is 0.336 e. The van der Waals surface area contributed by atoms with E-state index in [1.165, 1.54) is 12.8 Å². The van der Waals surface area contributed by atoms with Gasteiger partial charge < -0.3 is 10.0 Å². The van der Waals surface area contributed by atoms with Crippen molar-refractivity contribution in [3.63, 3.8) is 0 Å². The number of hydrogen-bond donors (Lipinski definition) is 1. The van der Waals surface area contributed by atoms with Gasteiger partial charge in [0.1, 0.15) is 0 Å². The zero-order valence-corrected chi connectivity index (χ0v) is 9.15. The van der Waals surface area contributed by atoms with Crippen molar-refractivity contribution in [2.45, 2.75) is 19.3 Å². The van der Waals surface area contributed by atoms with E-state index in [1.54, 1.807) is 6.07 Å². The molecule has 3 nitrogen and oxygen atoms in total. The van der Waals surface area contributed by atoms with Gasteiger partial charge in [0.05, 0.1) is 5.56 Å². The largest absolute Gasteiger partial charge is 0.478 e. The molecule has 3 heteroatoms. The van der Waals surface area contributed by atoms with E-state index in [9.17, 15) is 4.79 Å². The maximum Gasteiger partial charge on any atom is 0.336 e. The number of rotatable bonds is 3. The van der Waals surface area contributed by atoms with Crippen LogP contribution >= 0.6 is 0 Å². The zero-order chi connectivity index (χ0) is 11.1. The molecule has 1 aromatic rings. The van der Waals surface area contributed by atoms with Crippen molar-refractivity contribution in [2.75, 3.05) is 18.0 Å². The molecule has 1 N–H and O–H groups in total. The Morgan fingerprint density at radius 2 is 2.25 bits per heavy atom. The molecule has 0 amide bonds. The first-order valence-corrected chi connectivity index (χ1v) is 5.86. The molecule has 0 unspecified atom stereocenters. The van der Waals surface area contributed by atoms with Crippen molar-refractivity contribution >= 4 is 11.7 Å². The molecular formula is C13H15NO2. The molecule has 0 aromatic heterocycles. The molecular weight excluding hydrogens is 202 g/mol. The van der Waals surface area contributed by atoms with Gasteiger partial charge in [-0.25, -0.2) is 4.79 Å². The molecule has 1 saturated carbocycles. The van der Waals surface area contributed by atoms with Crippen LogP contribution in [0, 0.1) is 5.92 Å². The minimum absolute atomic E-state index is 0.482. The van der Waals surface area contributed by atoms with Gasteiger partial charge in [0.2, 0.25) is 0 Å². The third-order valence-electron chi connectivity index (χ3n) is 3.53. The lowest BCUT2D eigenvalue weighted by atomic mass is 10.1. The van der Waals surface area contributed by atoms with Crippen LogP contribution in [-0.4, -0.2) is 24.2 Å². The van der Waals surface area contributed by atoms with Gasteiger partial charge in [-0.2, -0.15) is 0 Å². The number of hydrogen-bond acceptors (Lipinski definition) is 2. The molecule has 1 fully saturated rings. The molecule has 1 aliphatic carbocycles. The Balaban J connectivity index is 1.93. The Morgan fingerprint density at radius 1 is 1.44 bits per heavy atom. The SMILES string of the molecule is O=C(O)c1cccc2c1CCN2CC1CC1. The fourth-order valence-corrected chi connectivity index (χ4v) is 2.50. The lowest BCUT2D eigenvalue weighted by Crippen LogP contribution is -2.22. The summed E-state index contributed by atoms with van der Waals surface area (Å²) in [4.78, 5) is 13.4. The maximum atomic E-state index is 11.1. The highest BCUT2D eigenvalue weighted by Crippen LogP contribution is 2.36. The van der Waals surface area contributed by atoms with Crippen LogP contribution in [0.15, 0.2) is 18.2 Å². The zero-order valence-electron chi connectivity index (χ0n) is 9.15. The molecule has 84 valence electrons. The summed E-state index contributed by atoms with van der Waals surface area (Å²) in [6.45, 7) is 2.09. The summed E-state index contributed by atoms with van der Waals surface area (Å²) in [5.74, 6) is 0.0459. The second kappa shape index (κ2) is 3.51. The first-order chi connectivity index (χ1) is 7.75. The van der Waals surface area contributed by atoms with Crippen molar-refractivity contribution in [3.8, 4) is 0 Å². The highest BCUT2D eigenvalue weighted by molar-refractivity contribution is 5.92. The Bertz CT molecular complexity index is 438. The average molecular weight is 217 g/mol. The minimum Gasteiger partial charge on any atom is -0.478 e. The van der Waals surface area contributed by atoms with E-state index in [2.05, 4.69) is 11.0 Å². The van der Waals surface area contributed by atoms with E-state index in [0.29, 0.717) is 5.56 Å². The van der Waals surface area contributed by atoms with Crippen LogP contribution in [0.2, 0.25) is 0 Å². The van der Waals surface area contributed by atoms with Crippen molar-refractivity contribution in [1.29, 1.82) is 0 Å². The van der Waals surface area contributed by atoms with Crippen LogP contribution in [0.4, 0.5) is 5.69 Å². The molecule has 0 atom stereocenters. The number of anilines is 1. The van der Waals surface area contributed by atoms with E-state index in [1.807, 2.05) is 6.07 Å². The Morgan fingerprint density at radius 3 is 2.94 bits per heavy atom.